The number of ether oxygens (including phenoxy) is 1. The maximum Gasteiger partial charge on any atom is 0.255 e. The van der Waals surface area contributed by atoms with Crippen LogP contribution in [0.15, 0.2) is 18.2 Å². The number of nitrogens with zero attached hydrogens (tertiary/aromatic N) is 1. The van der Waals surface area contributed by atoms with Crippen LogP contribution in [0.1, 0.15) is 24.2 Å². The summed E-state index contributed by atoms with van der Waals surface area (Å²) in [6.45, 7) is 3.65. The molecule has 1 amide bonds. The number of amides is 1. The van der Waals surface area contributed by atoms with Gasteiger partial charge >= 0.3 is 0 Å². The van der Waals surface area contributed by atoms with Crippen molar-refractivity contribution in [1.82, 2.24) is 5.32 Å². The van der Waals surface area contributed by atoms with Gasteiger partial charge in [-0.2, -0.15) is 5.26 Å². The van der Waals surface area contributed by atoms with Crippen LogP contribution in [0.5, 0.6) is 11.5 Å². The molecule has 0 atom stereocenters. The van der Waals surface area contributed by atoms with Crippen molar-refractivity contribution < 1.29 is 14.6 Å². The highest BCUT2D eigenvalue weighted by atomic mass is 16.5. The fourth-order valence-corrected chi connectivity index (χ4v) is 1.31. The lowest BCUT2D eigenvalue weighted by Gasteiger charge is -2.16. The second-order valence-corrected chi connectivity index (χ2v) is 4.53. The van der Waals surface area contributed by atoms with E-state index in [4.69, 9.17) is 10.00 Å². The van der Waals surface area contributed by atoms with Crippen molar-refractivity contribution in [2.75, 3.05) is 13.7 Å². The number of phenolic OH excluding ortho intramolecular Hbond substituents is 1. The van der Waals surface area contributed by atoms with E-state index in [0.29, 0.717) is 0 Å². The van der Waals surface area contributed by atoms with Crippen molar-refractivity contribution in [3.8, 4) is 17.6 Å². The van der Waals surface area contributed by atoms with E-state index >= 15 is 0 Å². The van der Waals surface area contributed by atoms with Crippen LogP contribution < -0.4 is 10.1 Å². The Labute approximate surface area is 106 Å². The van der Waals surface area contributed by atoms with Crippen molar-refractivity contribution in [3.05, 3.63) is 23.8 Å². The standard InChI is InChI=1S/C13H16N2O3/c1-13(2,7-14)8-15-12(17)9-5-4-6-10(18-3)11(9)16/h4-6,16H,8H2,1-3H3,(H,15,17). The highest BCUT2D eigenvalue weighted by Gasteiger charge is 2.20. The Morgan fingerprint density at radius 1 is 1.56 bits per heavy atom. The minimum atomic E-state index is -0.649. The van der Waals surface area contributed by atoms with Gasteiger partial charge in [0, 0.05) is 6.54 Å². The van der Waals surface area contributed by atoms with Gasteiger partial charge in [-0.1, -0.05) is 6.07 Å². The fraction of sp³-hybridized carbons (Fsp3) is 0.385. The summed E-state index contributed by atoms with van der Waals surface area (Å²) >= 11 is 0. The normalized spacial score (nSPS) is 10.6. The molecule has 96 valence electrons. The first kappa shape index (κ1) is 13.8. The Kier molecular flexibility index (Phi) is 4.16. The van der Waals surface area contributed by atoms with Gasteiger partial charge in [-0.25, -0.2) is 0 Å². The molecule has 1 rings (SSSR count). The third-order valence-corrected chi connectivity index (χ3v) is 2.46. The maximum atomic E-state index is 11.9. The van der Waals surface area contributed by atoms with Gasteiger partial charge in [0.25, 0.3) is 5.91 Å². The molecule has 0 radical (unpaired) electrons. The van der Waals surface area contributed by atoms with E-state index in [0.717, 1.165) is 0 Å². The molecule has 0 aliphatic carbocycles. The molecule has 0 saturated carbocycles. The SMILES string of the molecule is COc1cccc(C(=O)NCC(C)(C)C#N)c1O. The highest BCUT2D eigenvalue weighted by Crippen LogP contribution is 2.29. The van der Waals surface area contributed by atoms with Gasteiger partial charge in [0.2, 0.25) is 0 Å². The molecule has 0 saturated heterocycles. The van der Waals surface area contributed by atoms with Crippen LogP contribution in [0.4, 0.5) is 0 Å². The molecule has 0 unspecified atom stereocenters. The van der Waals surface area contributed by atoms with Crippen molar-refractivity contribution in [2.45, 2.75) is 13.8 Å². The van der Waals surface area contributed by atoms with Crippen LogP contribution in [0.2, 0.25) is 0 Å². The van der Waals surface area contributed by atoms with E-state index in [2.05, 4.69) is 11.4 Å². The summed E-state index contributed by atoms with van der Waals surface area (Å²) < 4.78 is 4.92. The van der Waals surface area contributed by atoms with Crippen LogP contribution in [-0.4, -0.2) is 24.7 Å². The van der Waals surface area contributed by atoms with Gasteiger partial charge in [-0.15, -0.1) is 0 Å². The van der Waals surface area contributed by atoms with Gasteiger partial charge in [0.1, 0.15) is 0 Å². The lowest BCUT2D eigenvalue weighted by molar-refractivity contribution is 0.0940. The molecule has 2 N–H and O–H groups in total. The molecule has 0 heterocycles. The molecule has 0 aromatic heterocycles. The maximum absolute atomic E-state index is 11.9. The molecule has 5 nitrogen and oxygen atoms in total. The number of methoxy groups -OCH3 is 1. The van der Waals surface area contributed by atoms with E-state index < -0.39 is 11.3 Å². The summed E-state index contributed by atoms with van der Waals surface area (Å²) in [4.78, 5) is 11.9. The first-order valence-electron chi connectivity index (χ1n) is 5.46. The Hall–Kier alpha value is -2.22. The first-order chi connectivity index (χ1) is 8.41. The second-order valence-electron chi connectivity index (χ2n) is 4.53. The molecule has 5 heteroatoms. The zero-order valence-electron chi connectivity index (χ0n) is 10.7. The number of carbonyl (C=O) groups excluding carboxylic acids is 1. The van der Waals surface area contributed by atoms with E-state index in [1.54, 1.807) is 26.0 Å². The van der Waals surface area contributed by atoms with E-state index in [1.807, 2.05) is 0 Å². The Morgan fingerprint density at radius 2 is 2.22 bits per heavy atom. The lowest BCUT2D eigenvalue weighted by Crippen LogP contribution is -2.33. The van der Waals surface area contributed by atoms with Gasteiger partial charge < -0.3 is 15.2 Å². The molecule has 0 bridgehead atoms. The Morgan fingerprint density at radius 3 is 2.78 bits per heavy atom. The number of aromatic hydroxyl groups is 1. The first-order valence-corrected chi connectivity index (χ1v) is 5.46. The van der Waals surface area contributed by atoms with Crippen LogP contribution in [0.25, 0.3) is 0 Å². The molecule has 0 spiro atoms. The number of benzene rings is 1. The summed E-state index contributed by atoms with van der Waals surface area (Å²) in [5, 5.41) is 21.2. The topological polar surface area (TPSA) is 82.3 Å². The molecular weight excluding hydrogens is 232 g/mol. The molecular formula is C13H16N2O3. The van der Waals surface area contributed by atoms with Crippen LogP contribution in [0, 0.1) is 16.7 Å². The predicted octanol–water partition coefficient (Wildman–Crippen LogP) is 1.68. The molecule has 1 aromatic rings. The zero-order valence-corrected chi connectivity index (χ0v) is 10.7. The summed E-state index contributed by atoms with van der Waals surface area (Å²) in [6.07, 6.45) is 0. The van der Waals surface area contributed by atoms with E-state index in [1.165, 1.54) is 13.2 Å². The van der Waals surface area contributed by atoms with Crippen LogP contribution in [-0.2, 0) is 0 Å². The molecule has 1 aromatic carbocycles. The van der Waals surface area contributed by atoms with Crippen molar-refractivity contribution >= 4 is 5.91 Å². The molecule has 0 fully saturated rings. The quantitative estimate of drug-likeness (QED) is 0.849. The average Bonchev–Trinajstić information content (AvgIpc) is 2.36. The van der Waals surface area contributed by atoms with Gasteiger partial charge in [0.05, 0.1) is 24.2 Å². The van der Waals surface area contributed by atoms with E-state index in [-0.39, 0.29) is 23.6 Å². The van der Waals surface area contributed by atoms with E-state index in [9.17, 15) is 9.90 Å². The van der Waals surface area contributed by atoms with Crippen LogP contribution in [0.3, 0.4) is 0 Å². The minimum Gasteiger partial charge on any atom is -0.504 e. The van der Waals surface area contributed by atoms with Gasteiger partial charge in [-0.3, -0.25) is 4.79 Å². The monoisotopic (exact) mass is 248 g/mol. The predicted molar refractivity (Wildman–Crippen MR) is 66.4 cm³/mol. The number of hydrogen-bond acceptors (Lipinski definition) is 4. The van der Waals surface area contributed by atoms with Gasteiger partial charge in [-0.05, 0) is 26.0 Å². The second kappa shape index (κ2) is 5.41. The molecule has 18 heavy (non-hydrogen) atoms. The number of nitrogens with one attached hydrogen (secondary N) is 1. The average molecular weight is 248 g/mol. The summed E-state index contributed by atoms with van der Waals surface area (Å²) in [5.74, 6) is -0.399. The smallest absolute Gasteiger partial charge is 0.255 e. The molecule has 0 aliphatic rings. The van der Waals surface area contributed by atoms with Crippen molar-refractivity contribution in [3.63, 3.8) is 0 Å². The third-order valence-electron chi connectivity index (χ3n) is 2.46. The minimum absolute atomic E-state index is 0.128. The van der Waals surface area contributed by atoms with Crippen molar-refractivity contribution in [2.24, 2.45) is 5.41 Å². The highest BCUT2D eigenvalue weighted by molar-refractivity contribution is 5.97. The number of carbonyl (C=O) groups is 1. The number of hydrogen-bond donors (Lipinski definition) is 2. The summed E-state index contributed by atoms with van der Waals surface area (Å²) in [6, 6.07) is 6.75. The van der Waals surface area contributed by atoms with Crippen LogP contribution >= 0.6 is 0 Å². The Bertz CT molecular complexity index is 489. The Balaban J connectivity index is 2.83. The van der Waals surface area contributed by atoms with Crippen molar-refractivity contribution in [1.29, 1.82) is 5.26 Å². The summed E-state index contributed by atoms with van der Waals surface area (Å²) in [5.41, 5.74) is -0.521. The number of nitriles is 1. The van der Waals surface area contributed by atoms with Gasteiger partial charge in [0.15, 0.2) is 11.5 Å². The number of phenols is 1. The number of para-hydroxylation sites is 1. The zero-order chi connectivity index (χ0) is 13.8. The summed E-state index contributed by atoms with van der Waals surface area (Å²) in [7, 11) is 1.41. The largest absolute Gasteiger partial charge is 0.504 e. The lowest BCUT2D eigenvalue weighted by atomic mass is 9.96. The molecule has 0 aliphatic heterocycles. The third kappa shape index (κ3) is 3.14. The number of rotatable bonds is 4. The fourth-order valence-electron chi connectivity index (χ4n) is 1.31.